The fraction of sp³-hybridized carbons (Fsp3) is 0.375. The van der Waals surface area contributed by atoms with E-state index in [4.69, 9.17) is 11.6 Å². The second kappa shape index (κ2) is 7.89. The number of rotatable bonds is 3. The van der Waals surface area contributed by atoms with E-state index in [0.29, 0.717) is 36.2 Å². The van der Waals surface area contributed by atoms with E-state index in [1.54, 1.807) is 17.2 Å². The van der Waals surface area contributed by atoms with Gasteiger partial charge < -0.3 is 14.8 Å². The Kier molecular flexibility index (Phi) is 5.16. The van der Waals surface area contributed by atoms with Crippen LogP contribution in [0.25, 0.3) is 11.0 Å². The maximum Gasteiger partial charge on any atom is 0.255 e. The van der Waals surface area contributed by atoms with Gasteiger partial charge in [-0.25, -0.2) is 4.39 Å². The summed E-state index contributed by atoms with van der Waals surface area (Å²) in [5, 5.41) is 3.39. The molecule has 1 N–H and O–H groups in total. The summed E-state index contributed by atoms with van der Waals surface area (Å²) in [6.07, 6.45) is 7.13. The van der Waals surface area contributed by atoms with Crippen molar-refractivity contribution in [3.8, 4) is 0 Å². The second-order valence-electron chi connectivity index (χ2n) is 8.86. The summed E-state index contributed by atoms with van der Waals surface area (Å²) < 4.78 is 15.3. The van der Waals surface area contributed by atoms with Crippen LogP contribution in [0.5, 0.6) is 0 Å². The summed E-state index contributed by atoms with van der Waals surface area (Å²) in [5.74, 6) is -0.500. The Morgan fingerprint density at radius 2 is 2.03 bits per heavy atom. The Balaban J connectivity index is 1.26. The Hall–Kier alpha value is -2.93. The lowest BCUT2D eigenvalue weighted by atomic mass is 9.71. The van der Waals surface area contributed by atoms with Crippen molar-refractivity contribution in [2.24, 2.45) is 12.5 Å². The standard InChI is InChI=1S/C24H24ClFN4O2/c1-29-14-17(21-20(29)3-2-11-27-21)22(31)28-16-6-8-24(9-7-16)10-12-30(23(24)32)19-5-4-15(26)13-18(19)25/h2-5,11,13-14,16H,6-10,12H2,1H3,(H,28,31). The second-order valence-corrected chi connectivity index (χ2v) is 9.26. The number of nitrogens with zero attached hydrogens (tertiary/aromatic N) is 3. The molecule has 3 heterocycles. The first-order valence-electron chi connectivity index (χ1n) is 10.9. The molecule has 2 fully saturated rings. The van der Waals surface area contributed by atoms with Crippen molar-refractivity contribution >= 4 is 40.1 Å². The number of pyridine rings is 1. The molecule has 1 aromatic carbocycles. The number of hydrogen-bond donors (Lipinski definition) is 1. The van der Waals surface area contributed by atoms with Gasteiger partial charge in [-0.05, 0) is 62.4 Å². The molecule has 0 unspecified atom stereocenters. The number of anilines is 1. The molecule has 1 aliphatic heterocycles. The normalized spacial score (nSPS) is 23.3. The van der Waals surface area contributed by atoms with Crippen LogP contribution in [0.2, 0.25) is 5.02 Å². The predicted molar refractivity (Wildman–Crippen MR) is 121 cm³/mol. The summed E-state index contributed by atoms with van der Waals surface area (Å²) in [7, 11) is 1.90. The number of amides is 2. The smallest absolute Gasteiger partial charge is 0.255 e. The van der Waals surface area contributed by atoms with Gasteiger partial charge in [0.2, 0.25) is 5.91 Å². The first kappa shape index (κ1) is 20.9. The molecule has 166 valence electrons. The molecule has 0 radical (unpaired) electrons. The SMILES string of the molecule is Cn1cc(C(=O)NC2CCC3(CC2)CCN(c2ccc(F)cc2Cl)C3=O)c2ncccc21. The highest BCUT2D eigenvalue weighted by Crippen LogP contribution is 2.47. The number of nitrogens with one attached hydrogen (secondary N) is 1. The van der Waals surface area contributed by atoms with E-state index in [9.17, 15) is 14.0 Å². The highest BCUT2D eigenvalue weighted by Gasteiger charge is 2.49. The van der Waals surface area contributed by atoms with Crippen LogP contribution in [0.15, 0.2) is 42.7 Å². The van der Waals surface area contributed by atoms with Crippen LogP contribution in [0.1, 0.15) is 42.5 Å². The molecule has 6 nitrogen and oxygen atoms in total. The number of carbonyl (C=O) groups excluding carboxylic acids is 2. The quantitative estimate of drug-likeness (QED) is 0.635. The van der Waals surface area contributed by atoms with E-state index in [2.05, 4.69) is 10.3 Å². The summed E-state index contributed by atoms with van der Waals surface area (Å²) in [4.78, 5) is 32.3. The zero-order valence-corrected chi connectivity index (χ0v) is 18.5. The highest BCUT2D eigenvalue weighted by atomic mass is 35.5. The molecule has 2 aromatic heterocycles. The van der Waals surface area contributed by atoms with Crippen molar-refractivity contribution in [2.75, 3.05) is 11.4 Å². The van der Waals surface area contributed by atoms with Crippen LogP contribution >= 0.6 is 11.6 Å². The lowest BCUT2D eigenvalue weighted by Gasteiger charge is -2.36. The molecule has 1 saturated carbocycles. The first-order valence-corrected chi connectivity index (χ1v) is 11.2. The summed E-state index contributed by atoms with van der Waals surface area (Å²) >= 11 is 6.20. The fourth-order valence-electron chi connectivity index (χ4n) is 5.17. The number of halogens is 2. The molecule has 32 heavy (non-hydrogen) atoms. The monoisotopic (exact) mass is 454 g/mol. The molecular formula is C24H24ClFN4O2. The van der Waals surface area contributed by atoms with Gasteiger partial charge in [0.1, 0.15) is 11.3 Å². The third kappa shape index (κ3) is 3.45. The number of carbonyl (C=O) groups is 2. The molecule has 0 bridgehead atoms. The Bertz CT molecular complexity index is 1220. The summed E-state index contributed by atoms with van der Waals surface area (Å²) in [6.45, 7) is 0.572. The average molecular weight is 455 g/mol. The number of fused-ring (bicyclic) bond motifs is 1. The van der Waals surface area contributed by atoms with Gasteiger partial charge in [0.25, 0.3) is 5.91 Å². The topological polar surface area (TPSA) is 67.2 Å². The van der Waals surface area contributed by atoms with Crippen molar-refractivity contribution in [3.63, 3.8) is 0 Å². The van der Waals surface area contributed by atoms with Crippen LogP contribution in [0, 0.1) is 11.2 Å². The van der Waals surface area contributed by atoms with Crippen molar-refractivity contribution in [1.29, 1.82) is 0 Å². The number of benzene rings is 1. The molecule has 1 spiro atoms. The van der Waals surface area contributed by atoms with E-state index in [-0.39, 0.29) is 22.9 Å². The van der Waals surface area contributed by atoms with Crippen molar-refractivity contribution in [1.82, 2.24) is 14.9 Å². The van der Waals surface area contributed by atoms with Crippen molar-refractivity contribution in [2.45, 2.75) is 38.1 Å². The van der Waals surface area contributed by atoms with Gasteiger partial charge in [-0.3, -0.25) is 14.6 Å². The van der Waals surface area contributed by atoms with Gasteiger partial charge in [0.05, 0.1) is 27.2 Å². The molecule has 0 atom stereocenters. The van der Waals surface area contributed by atoms with Gasteiger partial charge in [-0.1, -0.05) is 11.6 Å². The third-order valence-electron chi connectivity index (χ3n) is 6.98. The van der Waals surface area contributed by atoms with E-state index in [1.807, 2.05) is 29.9 Å². The van der Waals surface area contributed by atoms with Crippen LogP contribution < -0.4 is 10.2 Å². The van der Waals surface area contributed by atoms with E-state index in [1.165, 1.54) is 12.1 Å². The minimum atomic E-state index is -0.431. The summed E-state index contributed by atoms with van der Waals surface area (Å²) in [5.41, 5.74) is 2.31. The zero-order valence-electron chi connectivity index (χ0n) is 17.8. The van der Waals surface area contributed by atoms with E-state index >= 15 is 0 Å². The van der Waals surface area contributed by atoms with Crippen molar-refractivity contribution < 1.29 is 14.0 Å². The molecule has 3 aromatic rings. The minimum absolute atomic E-state index is 0.0170. The van der Waals surface area contributed by atoms with Gasteiger partial charge in [-0.15, -0.1) is 0 Å². The van der Waals surface area contributed by atoms with Gasteiger partial charge in [-0.2, -0.15) is 0 Å². The molecule has 5 rings (SSSR count). The van der Waals surface area contributed by atoms with Gasteiger partial charge in [0.15, 0.2) is 0 Å². The highest BCUT2D eigenvalue weighted by molar-refractivity contribution is 6.34. The zero-order chi connectivity index (χ0) is 22.5. The number of aryl methyl sites for hydroxylation is 1. The molecule has 2 aliphatic rings. The van der Waals surface area contributed by atoms with Crippen LogP contribution in [0.3, 0.4) is 0 Å². The molecular weight excluding hydrogens is 431 g/mol. The summed E-state index contributed by atoms with van der Waals surface area (Å²) in [6, 6.07) is 7.94. The molecule has 1 aliphatic carbocycles. The molecule has 2 amide bonds. The van der Waals surface area contributed by atoms with Crippen LogP contribution in [-0.4, -0.2) is 34.0 Å². The van der Waals surface area contributed by atoms with Gasteiger partial charge in [0, 0.05) is 32.0 Å². The van der Waals surface area contributed by atoms with Crippen LogP contribution in [-0.2, 0) is 11.8 Å². The average Bonchev–Trinajstić information content (AvgIpc) is 3.28. The minimum Gasteiger partial charge on any atom is -0.349 e. The van der Waals surface area contributed by atoms with E-state index in [0.717, 1.165) is 24.8 Å². The van der Waals surface area contributed by atoms with E-state index < -0.39 is 11.2 Å². The third-order valence-corrected chi connectivity index (χ3v) is 7.28. The predicted octanol–water partition coefficient (Wildman–Crippen LogP) is 4.46. The Morgan fingerprint density at radius 1 is 1.25 bits per heavy atom. The largest absolute Gasteiger partial charge is 0.349 e. The Morgan fingerprint density at radius 3 is 2.78 bits per heavy atom. The van der Waals surface area contributed by atoms with Crippen LogP contribution in [0.4, 0.5) is 10.1 Å². The fourth-order valence-corrected chi connectivity index (χ4v) is 5.44. The maximum atomic E-state index is 13.4. The molecule has 8 heteroatoms. The number of hydrogen-bond acceptors (Lipinski definition) is 3. The van der Waals surface area contributed by atoms with Crippen molar-refractivity contribution in [3.05, 3.63) is 59.1 Å². The lowest BCUT2D eigenvalue weighted by molar-refractivity contribution is -0.127. The lowest BCUT2D eigenvalue weighted by Crippen LogP contribution is -2.43. The Labute approximate surface area is 190 Å². The molecule has 1 saturated heterocycles. The van der Waals surface area contributed by atoms with Gasteiger partial charge >= 0.3 is 0 Å². The maximum absolute atomic E-state index is 13.4. The number of aromatic nitrogens is 2. The first-order chi connectivity index (χ1) is 15.4.